The number of rotatable bonds is 1. The van der Waals surface area contributed by atoms with E-state index in [1.165, 1.54) is 43.2 Å². The van der Waals surface area contributed by atoms with Crippen LogP contribution in [0, 0.1) is 13.8 Å². The predicted octanol–water partition coefficient (Wildman–Crippen LogP) is 6.01. The summed E-state index contributed by atoms with van der Waals surface area (Å²) in [5.41, 5.74) is 6.07. The van der Waals surface area contributed by atoms with Crippen LogP contribution in [0.25, 0.3) is 37.6 Å². The van der Waals surface area contributed by atoms with Gasteiger partial charge in [0.2, 0.25) is 0 Å². The molecule has 0 bridgehead atoms. The lowest BCUT2D eigenvalue weighted by atomic mass is 10.0. The molecule has 5 aromatic rings. The van der Waals surface area contributed by atoms with Crippen molar-refractivity contribution in [2.45, 2.75) is 13.8 Å². The minimum absolute atomic E-state index is 1.08. The van der Waals surface area contributed by atoms with Gasteiger partial charge in [-0.15, -0.1) is 11.3 Å². The van der Waals surface area contributed by atoms with Gasteiger partial charge in [-0.25, -0.2) is 4.98 Å². The first kappa shape index (κ1) is 13.8. The van der Waals surface area contributed by atoms with Crippen molar-refractivity contribution in [1.29, 1.82) is 0 Å². The number of aromatic nitrogens is 2. The highest BCUT2D eigenvalue weighted by molar-refractivity contribution is 7.18. The molecule has 3 heteroatoms. The summed E-state index contributed by atoms with van der Waals surface area (Å²) in [5.74, 6) is 0. The topological polar surface area (TPSA) is 17.8 Å². The highest BCUT2D eigenvalue weighted by atomic mass is 32.1. The van der Waals surface area contributed by atoms with Crippen LogP contribution in [0.1, 0.15) is 11.1 Å². The van der Waals surface area contributed by atoms with Gasteiger partial charge in [-0.05, 0) is 36.4 Å². The SMILES string of the molecule is Cc1cccc(C)c1-n1cnc2c3ccccc3c3sccc3c21. The summed E-state index contributed by atoms with van der Waals surface area (Å²) in [6, 6.07) is 17.3. The van der Waals surface area contributed by atoms with Crippen molar-refractivity contribution in [2.24, 2.45) is 0 Å². The molecule has 2 heterocycles. The fourth-order valence-electron chi connectivity index (χ4n) is 3.75. The van der Waals surface area contributed by atoms with Crippen LogP contribution in [-0.2, 0) is 0 Å². The molecule has 0 saturated heterocycles. The van der Waals surface area contributed by atoms with E-state index in [9.17, 15) is 0 Å². The standard InChI is InChI=1S/C21H16N2S/c1-13-6-5-7-14(2)19(13)23-12-22-18-15-8-3-4-9-16(15)21-17(20(18)23)10-11-24-21/h3-12H,1-2H3. The molecule has 0 spiro atoms. The molecule has 0 aliphatic carbocycles. The second-order valence-corrected chi connectivity index (χ2v) is 7.18. The Balaban J connectivity index is 2.04. The van der Waals surface area contributed by atoms with Gasteiger partial charge in [0.05, 0.1) is 16.7 Å². The summed E-state index contributed by atoms with van der Waals surface area (Å²) in [4.78, 5) is 4.80. The van der Waals surface area contributed by atoms with Crippen molar-refractivity contribution < 1.29 is 0 Å². The van der Waals surface area contributed by atoms with Gasteiger partial charge in [0.1, 0.15) is 6.33 Å². The Labute approximate surface area is 144 Å². The zero-order chi connectivity index (χ0) is 16.3. The van der Waals surface area contributed by atoms with E-state index in [0.717, 1.165) is 5.52 Å². The lowest BCUT2D eigenvalue weighted by molar-refractivity contribution is 1.06. The Morgan fingerprint density at radius 2 is 1.58 bits per heavy atom. The molecule has 0 fully saturated rings. The predicted molar refractivity (Wildman–Crippen MR) is 103 cm³/mol. The maximum atomic E-state index is 4.80. The number of hydrogen-bond acceptors (Lipinski definition) is 2. The Morgan fingerprint density at radius 3 is 2.38 bits per heavy atom. The monoisotopic (exact) mass is 328 g/mol. The third kappa shape index (κ3) is 1.73. The van der Waals surface area contributed by atoms with E-state index in [1.54, 1.807) is 11.3 Å². The molecule has 0 saturated carbocycles. The number of thiophene rings is 1. The summed E-state index contributed by atoms with van der Waals surface area (Å²) in [7, 11) is 0. The smallest absolute Gasteiger partial charge is 0.100 e. The number of hydrogen-bond donors (Lipinski definition) is 0. The molecule has 0 unspecified atom stereocenters. The molecule has 5 rings (SSSR count). The molecule has 2 nitrogen and oxygen atoms in total. The van der Waals surface area contributed by atoms with E-state index in [2.05, 4.69) is 72.3 Å². The zero-order valence-electron chi connectivity index (χ0n) is 13.6. The fraction of sp³-hybridized carbons (Fsp3) is 0.0952. The largest absolute Gasteiger partial charge is 0.298 e. The van der Waals surface area contributed by atoms with Crippen LogP contribution in [0.5, 0.6) is 0 Å². The van der Waals surface area contributed by atoms with Gasteiger partial charge in [0.15, 0.2) is 0 Å². The van der Waals surface area contributed by atoms with Crippen LogP contribution in [0.4, 0.5) is 0 Å². The highest BCUT2D eigenvalue weighted by Gasteiger charge is 2.16. The Kier molecular flexibility index (Phi) is 2.82. The minimum Gasteiger partial charge on any atom is -0.298 e. The van der Waals surface area contributed by atoms with Crippen LogP contribution in [0.15, 0.2) is 60.2 Å². The van der Waals surface area contributed by atoms with Gasteiger partial charge in [-0.3, -0.25) is 4.57 Å². The summed E-state index contributed by atoms with van der Waals surface area (Å²) >= 11 is 1.81. The van der Waals surface area contributed by atoms with Crippen molar-refractivity contribution in [3.8, 4) is 5.69 Å². The zero-order valence-corrected chi connectivity index (χ0v) is 14.4. The van der Waals surface area contributed by atoms with Crippen LogP contribution < -0.4 is 0 Å². The molecule has 3 aromatic carbocycles. The first-order valence-electron chi connectivity index (χ1n) is 8.07. The van der Waals surface area contributed by atoms with Crippen LogP contribution >= 0.6 is 11.3 Å². The van der Waals surface area contributed by atoms with Crippen molar-refractivity contribution in [2.75, 3.05) is 0 Å². The van der Waals surface area contributed by atoms with Crippen LogP contribution in [0.2, 0.25) is 0 Å². The van der Waals surface area contributed by atoms with Crippen molar-refractivity contribution in [3.05, 3.63) is 71.4 Å². The lowest BCUT2D eigenvalue weighted by Crippen LogP contribution is -1.98. The molecule has 0 amide bonds. The van der Waals surface area contributed by atoms with Gasteiger partial charge in [-0.1, -0.05) is 42.5 Å². The normalized spacial score (nSPS) is 11.8. The van der Waals surface area contributed by atoms with Crippen LogP contribution in [0.3, 0.4) is 0 Å². The third-order valence-electron chi connectivity index (χ3n) is 4.80. The molecule has 0 N–H and O–H groups in total. The summed E-state index contributed by atoms with van der Waals surface area (Å²) in [6.45, 7) is 4.33. The van der Waals surface area contributed by atoms with Crippen molar-refractivity contribution >= 4 is 43.2 Å². The van der Waals surface area contributed by atoms with E-state index >= 15 is 0 Å². The molecular weight excluding hydrogens is 312 g/mol. The molecule has 0 aliphatic heterocycles. The van der Waals surface area contributed by atoms with Crippen LogP contribution in [-0.4, -0.2) is 9.55 Å². The number of para-hydroxylation sites is 1. The van der Waals surface area contributed by atoms with E-state index in [-0.39, 0.29) is 0 Å². The first-order chi connectivity index (χ1) is 11.8. The highest BCUT2D eigenvalue weighted by Crippen LogP contribution is 2.38. The average molecular weight is 328 g/mol. The van der Waals surface area contributed by atoms with Gasteiger partial charge < -0.3 is 0 Å². The molecule has 0 radical (unpaired) electrons. The molecule has 0 aliphatic rings. The van der Waals surface area contributed by atoms with Gasteiger partial charge in [-0.2, -0.15) is 0 Å². The summed E-state index contributed by atoms with van der Waals surface area (Å²) in [5, 5.41) is 5.99. The number of nitrogens with zero attached hydrogens (tertiary/aromatic N) is 2. The van der Waals surface area contributed by atoms with Gasteiger partial charge in [0, 0.05) is 20.9 Å². The van der Waals surface area contributed by atoms with E-state index < -0.39 is 0 Å². The summed E-state index contributed by atoms with van der Waals surface area (Å²) < 4.78 is 3.60. The number of aryl methyl sites for hydroxylation is 2. The maximum absolute atomic E-state index is 4.80. The maximum Gasteiger partial charge on any atom is 0.100 e. The van der Waals surface area contributed by atoms with E-state index in [0.29, 0.717) is 0 Å². The average Bonchev–Trinajstić information content (AvgIpc) is 3.21. The second kappa shape index (κ2) is 4.92. The second-order valence-electron chi connectivity index (χ2n) is 6.26. The molecule has 2 aromatic heterocycles. The first-order valence-corrected chi connectivity index (χ1v) is 8.95. The Morgan fingerprint density at radius 1 is 0.833 bits per heavy atom. The molecule has 24 heavy (non-hydrogen) atoms. The quantitative estimate of drug-likeness (QED) is 0.368. The third-order valence-corrected chi connectivity index (χ3v) is 5.74. The van der Waals surface area contributed by atoms with Crippen molar-refractivity contribution in [3.63, 3.8) is 0 Å². The number of fused-ring (bicyclic) bond motifs is 6. The molecular formula is C21H16N2S. The molecule has 116 valence electrons. The fourth-order valence-corrected chi connectivity index (χ4v) is 4.69. The molecule has 0 atom stereocenters. The minimum atomic E-state index is 1.08. The number of imidazole rings is 1. The van der Waals surface area contributed by atoms with Crippen molar-refractivity contribution in [1.82, 2.24) is 9.55 Å². The van der Waals surface area contributed by atoms with E-state index in [4.69, 9.17) is 4.98 Å². The van der Waals surface area contributed by atoms with Gasteiger partial charge >= 0.3 is 0 Å². The van der Waals surface area contributed by atoms with Gasteiger partial charge in [0.25, 0.3) is 0 Å². The Bertz CT molecular complexity index is 1210. The lowest BCUT2D eigenvalue weighted by Gasteiger charge is -2.13. The Hall–Kier alpha value is -2.65. The summed E-state index contributed by atoms with van der Waals surface area (Å²) in [6.07, 6.45) is 1.98. The van der Waals surface area contributed by atoms with E-state index in [1.807, 2.05) is 6.33 Å². The number of benzene rings is 3.